The summed E-state index contributed by atoms with van der Waals surface area (Å²) in [4.78, 5) is 23.1. The molecule has 0 unspecified atom stereocenters. The molecule has 8 heteroatoms. The second kappa shape index (κ2) is 11.0. The molecule has 1 amide bonds. The van der Waals surface area contributed by atoms with E-state index in [0.29, 0.717) is 23.7 Å². The third-order valence-corrected chi connectivity index (χ3v) is 4.29. The summed E-state index contributed by atoms with van der Waals surface area (Å²) in [5.41, 5.74) is 1.40. The monoisotopic (exact) mass is 442 g/mol. The molecule has 0 aromatic heterocycles. The molecule has 0 radical (unpaired) electrons. The minimum absolute atomic E-state index is 0.0561. The molecule has 31 heavy (non-hydrogen) atoms. The third kappa shape index (κ3) is 6.76. The lowest BCUT2D eigenvalue weighted by Crippen LogP contribution is -2.30. The van der Waals surface area contributed by atoms with Crippen molar-refractivity contribution in [3.05, 3.63) is 63.7 Å². The van der Waals surface area contributed by atoms with Gasteiger partial charge in [0.15, 0.2) is 11.5 Å². The summed E-state index contributed by atoms with van der Waals surface area (Å²) in [6.45, 7) is 5.92. The summed E-state index contributed by atoms with van der Waals surface area (Å²) < 4.78 is 11.5. The highest BCUT2D eigenvalue weighted by Gasteiger charge is 2.15. The molecule has 2 aromatic rings. The summed E-state index contributed by atoms with van der Waals surface area (Å²) in [5, 5.41) is 21.2. The van der Waals surface area contributed by atoms with E-state index in [9.17, 15) is 14.9 Å². The standard InChI is InChI=1S/C23H23ClN2O5/c1-4-30-20-11-16(9-18(12-25)22(27)26-14(2)3)10-19(24)21(20)31-13-15-5-7-17(8-6-15)23(28)29/h5-11,14H,4,13H2,1-3H3,(H,26,27)(H,28,29)/b18-9-. The summed E-state index contributed by atoms with van der Waals surface area (Å²) in [7, 11) is 0. The highest BCUT2D eigenvalue weighted by atomic mass is 35.5. The van der Waals surface area contributed by atoms with Crippen LogP contribution in [0.1, 0.15) is 42.3 Å². The minimum Gasteiger partial charge on any atom is -0.490 e. The van der Waals surface area contributed by atoms with Gasteiger partial charge in [-0.3, -0.25) is 4.79 Å². The van der Waals surface area contributed by atoms with Crippen LogP contribution in [0, 0.1) is 11.3 Å². The first-order chi connectivity index (χ1) is 14.7. The first-order valence-corrected chi connectivity index (χ1v) is 9.97. The quantitative estimate of drug-likeness (QED) is 0.438. The van der Waals surface area contributed by atoms with Crippen LogP contribution in [0.5, 0.6) is 11.5 Å². The van der Waals surface area contributed by atoms with Gasteiger partial charge in [-0.25, -0.2) is 4.79 Å². The van der Waals surface area contributed by atoms with Crippen LogP contribution in [0.4, 0.5) is 0 Å². The van der Waals surface area contributed by atoms with Crippen molar-refractivity contribution >= 4 is 29.6 Å². The van der Waals surface area contributed by atoms with Crippen LogP contribution in [0.3, 0.4) is 0 Å². The molecule has 0 saturated heterocycles. The van der Waals surface area contributed by atoms with Crippen molar-refractivity contribution in [1.82, 2.24) is 5.32 Å². The van der Waals surface area contributed by atoms with Crippen LogP contribution in [0.15, 0.2) is 42.0 Å². The van der Waals surface area contributed by atoms with E-state index in [-0.39, 0.29) is 28.8 Å². The summed E-state index contributed by atoms with van der Waals surface area (Å²) >= 11 is 6.40. The lowest BCUT2D eigenvalue weighted by atomic mass is 10.1. The fraction of sp³-hybridized carbons (Fsp3) is 0.261. The fourth-order valence-corrected chi connectivity index (χ4v) is 2.90. The highest BCUT2D eigenvalue weighted by Crippen LogP contribution is 2.38. The van der Waals surface area contributed by atoms with Gasteiger partial charge in [-0.05, 0) is 62.2 Å². The number of carbonyl (C=O) groups is 2. The summed E-state index contributed by atoms with van der Waals surface area (Å²) in [5.74, 6) is -0.800. The number of hydrogen-bond acceptors (Lipinski definition) is 5. The second-order valence-electron chi connectivity index (χ2n) is 6.85. The second-order valence-corrected chi connectivity index (χ2v) is 7.26. The number of benzene rings is 2. The number of nitrogens with one attached hydrogen (secondary N) is 1. The van der Waals surface area contributed by atoms with E-state index in [4.69, 9.17) is 26.2 Å². The molecule has 162 valence electrons. The van der Waals surface area contributed by atoms with Gasteiger partial charge in [0.25, 0.3) is 5.91 Å². The number of carboxylic acids is 1. The van der Waals surface area contributed by atoms with E-state index < -0.39 is 11.9 Å². The Bertz CT molecular complexity index is 1020. The van der Waals surface area contributed by atoms with Crippen LogP contribution in [0.2, 0.25) is 5.02 Å². The molecule has 0 aliphatic rings. The Kier molecular flexibility index (Phi) is 8.47. The van der Waals surface area contributed by atoms with Gasteiger partial charge < -0.3 is 19.9 Å². The first-order valence-electron chi connectivity index (χ1n) is 9.59. The Morgan fingerprint density at radius 1 is 1.23 bits per heavy atom. The molecule has 7 nitrogen and oxygen atoms in total. The van der Waals surface area contributed by atoms with Gasteiger partial charge in [-0.1, -0.05) is 23.7 Å². The maximum Gasteiger partial charge on any atom is 0.335 e. The van der Waals surface area contributed by atoms with Crippen LogP contribution in [0.25, 0.3) is 6.08 Å². The zero-order valence-corrected chi connectivity index (χ0v) is 18.2. The normalized spacial score (nSPS) is 11.0. The maximum atomic E-state index is 12.1. The van der Waals surface area contributed by atoms with Gasteiger partial charge in [0.1, 0.15) is 18.2 Å². The van der Waals surface area contributed by atoms with Gasteiger partial charge in [0, 0.05) is 6.04 Å². The van der Waals surface area contributed by atoms with Crippen LogP contribution in [-0.2, 0) is 11.4 Å². The average Bonchev–Trinajstić information content (AvgIpc) is 2.71. The Morgan fingerprint density at radius 3 is 2.45 bits per heavy atom. The molecule has 0 bridgehead atoms. The zero-order valence-electron chi connectivity index (χ0n) is 17.4. The minimum atomic E-state index is -1.00. The molecular weight excluding hydrogens is 420 g/mol. The lowest BCUT2D eigenvalue weighted by molar-refractivity contribution is -0.117. The molecule has 0 fully saturated rings. The number of carbonyl (C=O) groups excluding carboxylic acids is 1. The topological polar surface area (TPSA) is 109 Å². The fourth-order valence-electron chi connectivity index (χ4n) is 2.63. The van der Waals surface area contributed by atoms with Crippen molar-refractivity contribution in [3.8, 4) is 17.6 Å². The largest absolute Gasteiger partial charge is 0.490 e. The Hall–Kier alpha value is -3.50. The van der Waals surface area contributed by atoms with Crippen molar-refractivity contribution in [2.45, 2.75) is 33.4 Å². The lowest BCUT2D eigenvalue weighted by Gasteiger charge is -2.15. The van der Waals surface area contributed by atoms with E-state index in [1.54, 1.807) is 38.1 Å². The first kappa shape index (κ1) is 23.8. The number of rotatable bonds is 9. The number of carboxylic acid groups (broad SMARTS) is 1. The van der Waals surface area contributed by atoms with E-state index in [0.717, 1.165) is 5.56 Å². The highest BCUT2D eigenvalue weighted by molar-refractivity contribution is 6.32. The van der Waals surface area contributed by atoms with E-state index in [1.165, 1.54) is 18.2 Å². The van der Waals surface area contributed by atoms with Crippen molar-refractivity contribution in [2.24, 2.45) is 0 Å². The van der Waals surface area contributed by atoms with Crippen LogP contribution in [-0.4, -0.2) is 29.6 Å². The zero-order chi connectivity index (χ0) is 23.0. The van der Waals surface area contributed by atoms with Gasteiger partial charge in [0.2, 0.25) is 0 Å². The van der Waals surface area contributed by atoms with E-state index in [2.05, 4.69) is 5.32 Å². The molecule has 0 saturated carbocycles. The molecular formula is C23H23ClN2O5. The Balaban J connectivity index is 2.29. The third-order valence-electron chi connectivity index (χ3n) is 4.01. The van der Waals surface area contributed by atoms with E-state index >= 15 is 0 Å². The molecule has 2 rings (SSSR count). The number of halogens is 1. The summed E-state index contributed by atoms with van der Waals surface area (Å²) in [6, 6.07) is 11.3. The van der Waals surface area contributed by atoms with Crippen molar-refractivity contribution in [1.29, 1.82) is 5.26 Å². The molecule has 0 heterocycles. The van der Waals surface area contributed by atoms with Gasteiger partial charge in [-0.15, -0.1) is 0 Å². The number of amides is 1. The van der Waals surface area contributed by atoms with Gasteiger partial charge in [-0.2, -0.15) is 5.26 Å². The van der Waals surface area contributed by atoms with Crippen molar-refractivity contribution < 1.29 is 24.2 Å². The van der Waals surface area contributed by atoms with E-state index in [1.807, 2.05) is 13.0 Å². The Morgan fingerprint density at radius 2 is 1.90 bits per heavy atom. The van der Waals surface area contributed by atoms with Gasteiger partial charge in [0.05, 0.1) is 17.2 Å². The average molecular weight is 443 g/mol. The molecule has 0 atom stereocenters. The molecule has 0 aliphatic heterocycles. The van der Waals surface area contributed by atoms with Crippen molar-refractivity contribution in [3.63, 3.8) is 0 Å². The number of nitriles is 1. The number of aromatic carboxylic acids is 1. The van der Waals surface area contributed by atoms with Crippen molar-refractivity contribution in [2.75, 3.05) is 6.61 Å². The predicted octanol–water partition coefficient (Wildman–Crippen LogP) is 4.45. The number of hydrogen-bond donors (Lipinski definition) is 2. The number of nitrogens with zero attached hydrogens (tertiary/aromatic N) is 1. The molecule has 0 aliphatic carbocycles. The number of ether oxygens (including phenoxy) is 2. The maximum absolute atomic E-state index is 12.1. The molecule has 2 aromatic carbocycles. The summed E-state index contributed by atoms with van der Waals surface area (Å²) in [6.07, 6.45) is 1.43. The smallest absolute Gasteiger partial charge is 0.335 e. The van der Waals surface area contributed by atoms with Crippen LogP contribution < -0.4 is 14.8 Å². The Labute approximate surface area is 185 Å². The predicted molar refractivity (Wildman–Crippen MR) is 117 cm³/mol. The SMILES string of the molecule is CCOc1cc(/C=C(/C#N)C(=O)NC(C)C)cc(Cl)c1OCc1ccc(C(=O)O)cc1. The molecule has 0 spiro atoms. The van der Waals surface area contributed by atoms with Gasteiger partial charge >= 0.3 is 5.97 Å². The van der Waals surface area contributed by atoms with Crippen LogP contribution >= 0.6 is 11.6 Å². The molecule has 2 N–H and O–H groups in total.